The number of carbonyl (C=O) groups excluding carboxylic acids is 1. The minimum Gasteiger partial charge on any atom is -0.494 e. The lowest BCUT2D eigenvalue weighted by molar-refractivity contribution is -0.147. The Morgan fingerprint density at radius 2 is 1.86 bits per heavy atom. The van der Waals surface area contributed by atoms with E-state index in [-0.39, 0.29) is 49.1 Å². The lowest BCUT2D eigenvalue weighted by Crippen LogP contribution is -2.43. The molecule has 42 heavy (non-hydrogen) atoms. The number of sulfonamides is 1. The molecular formula is C31H45ClFN3O5S. The maximum Gasteiger partial charge on any atom is 0.324 e. The van der Waals surface area contributed by atoms with E-state index in [1.165, 1.54) is 17.5 Å². The van der Waals surface area contributed by atoms with Crippen molar-refractivity contribution in [1.82, 2.24) is 14.1 Å². The van der Waals surface area contributed by atoms with E-state index in [0.717, 1.165) is 24.1 Å². The van der Waals surface area contributed by atoms with Crippen LogP contribution < -0.4 is 4.74 Å². The van der Waals surface area contributed by atoms with Gasteiger partial charge in [-0.3, -0.25) is 9.69 Å². The number of nitrogens with zero attached hydrogens (tertiary/aromatic N) is 3. The third-order valence-electron chi connectivity index (χ3n) is 7.30. The summed E-state index contributed by atoms with van der Waals surface area (Å²) in [6.07, 6.45) is 1.06. The minimum atomic E-state index is -3.59. The molecule has 0 aromatic heterocycles. The van der Waals surface area contributed by atoms with Gasteiger partial charge in [-0.05, 0) is 62.5 Å². The van der Waals surface area contributed by atoms with Gasteiger partial charge in [0.15, 0.2) is 11.6 Å². The monoisotopic (exact) mass is 625 g/mol. The number of ether oxygens (including phenoxy) is 2. The van der Waals surface area contributed by atoms with E-state index in [4.69, 9.17) is 21.1 Å². The highest BCUT2D eigenvalue weighted by Crippen LogP contribution is 2.32. The topological polar surface area (TPSA) is 79.4 Å². The van der Waals surface area contributed by atoms with Crippen LogP contribution in [0.3, 0.4) is 0 Å². The highest BCUT2D eigenvalue weighted by atomic mass is 35.5. The highest BCUT2D eigenvalue weighted by molar-refractivity contribution is 7.89. The van der Waals surface area contributed by atoms with Crippen LogP contribution in [0.1, 0.15) is 57.2 Å². The molecule has 11 heteroatoms. The first-order valence-electron chi connectivity index (χ1n) is 14.3. The predicted molar refractivity (Wildman–Crippen MR) is 164 cm³/mol. The van der Waals surface area contributed by atoms with E-state index >= 15 is 4.39 Å². The van der Waals surface area contributed by atoms with Gasteiger partial charge in [0.1, 0.15) is 6.04 Å². The molecule has 1 fully saturated rings. The molecule has 0 amide bonds. The van der Waals surface area contributed by atoms with Gasteiger partial charge in [0.2, 0.25) is 10.0 Å². The van der Waals surface area contributed by atoms with Crippen molar-refractivity contribution in [1.29, 1.82) is 0 Å². The molecule has 0 spiro atoms. The zero-order valence-electron chi connectivity index (χ0n) is 25.8. The van der Waals surface area contributed by atoms with E-state index in [1.54, 1.807) is 13.0 Å². The number of rotatable bonds is 13. The number of hydrogen-bond donors (Lipinski definition) is 0. The molecule has 0 N–H and O–H groups in total. The van der Waals surface area contributed by atoms with Gasteiger partial charge in [-0.2, -0.15) is 4.31 Å². The Morgan fingerprint density at radius 3 is 2.48 bits per heavy atom. The van der Waals surface area contributed by atoms with Gasteiger partial charge in [-0.25, -0.2) is 12.8 Å². The van der Waals surface area contributed by atoms with E-state index in [0.29, 0.717) is 17.1 Å². The standard InChI is InChI=1S/C31H45ClFN3O5S/c1-8-41-30(37)27-14-15-42(38,39)36(27)19-23-11-9-10-22(16-23)18-35(24(20-34(5)6)17-31(2,3)4)21-25-26(32)12-13-28(40-7)29(25)33/h9-13,16,24,27H,8,14-15,17-21H2,1-7H3/t24-,27?/m0/s1. The summed E-state index contributed by atoms with van der Waals surface area (Å²) in [5.74, 6) is -0.950. The molecule has 0 bridgehead atoms. The summed E-state index contributed by atoms with van der Waals surface area (Å²) in [6.45, 7) is 9.99. The summed E-state index contributed by atoms with van der Waals surface area (Å²) < 4.78 is 52.8. The van der Waals surface area contributed by atoms with Crippen molar-refractivity contribution < 1.29 is 27.1 Å². The van der Waals surface area contributed by atoms with Crippen LogP contribution in [0.5, 0.6) is 5.75 Å². The van der Waals surface area contributed by atoms with Crippen molar-refractivity contribution in [3.8, 4) is 5.75 Å². The van der Waals surface area contributed by atoms with Gasteiger partial charge < -0.3 is 14.4 Å². The fraction of sp³-hybridized carbons (Fsp3) is 0.581. The molecule has 1 saturated heterocycles. The van der Waals surface area contributed by atoms with Crippen molar-refractivity contribution in [3.05, 3.63) is 63.9 Å². The quantitative estimate of drug-likeness (QED) is 0.279. The first-order valence-corrected chi connectivity index (χ1v) is 16.3. The molecule has 3 rings (SSSR count). The fourth-order valence-corrected chi connectivity index (χ4v) is 7.36. The SMILES string of the molecule is CCOC(=O)C1CCS(=O)(=O)N1Cc1cccc(CN(Cc2c(Cl)ccc(OC)c2F)[C@H](CN(C)C)CC(C)(C)C)c1. The number of likely N-dealkylation sites (N-methyl/N-ethyl adjacent to an activating group) is 1. The largest absolute Gasteiger partial charge is 0.494 e. The van der Waals surface area contributed by atoms with Crippen molar-refractivity contribution in [2.24, 2.45) is 5.41 Å². The number of esters is 1. The third-order valence-corrected chi connectivity index (χ3v) is 9.50. The minimum absolute atomic E-state index is 0.00369. The van der Waals surface area contributed by atoms with Crippen LogP contribution in [-0.4, -0.2) is 80.7 Å². The molecule has 1 aliphatic rings. The first-order chi connectivity index (χ1) is 19.6. The fourth-order valence-electron chi connectivity index (χ4n) is 5.47. The maximum atomic E-state index is 15.5. The lowest BCUT2D eigenvalue weighted by atomic mass is 9.87. The second kappa shape index (κ2) is 14.5. The van der Waals surface area contributed by atoms with Crippen molar-refractivity contribution in [2.45, 2.75) is 72.3 Å². The Labute approximate surface area is 255 Å². The third kappa shape index (κ3) is 9.13. The molecule has 234 valence electrons. The average molecular weight is 626 g/mol. The highest BCUT2D eigenvalue weighted by Gasteiger charge is 2.42. The zero-order chi connectivity index (χ0) is 31.2. The smallest absolute Gasteiger partial charge is 0.324 e. The predicted octanol–water partition coefficient (Wildman–Crippen LogP) is 5.32. The first kappa shape index (κ1) is 34.3. The summed E-state index contributed by atoms with van der Waals surface area (Å²) in [5.41, 5.74) is 2.07. The molecule has 2 aromatic carbocycles. The van der Waals surface area contributed by atoms with E-state index in [9.17, 15) is 13.2 Å². The molecule has 0 saturated carbocycles. The van der Waals surface area contributed by atoms with Crippen LogP contribution in [0.15, 0.2) is 36.4 Å². The molecule has 2 atom stereocenters. The zero-order valence-corrected chi connectivity index (χ0v) is 27.4. The van der Waals surface area contributed by atoms with Crippen LogP contribution in [0.4, 0.5) is 4.39 Å². The van der Waals surface area contributed by atoms with Crippen LogP contribution in [-0.2, 0) is 39.2 Å². The molecular weight excluding hydrogens is 581 g/mol. The van der Waals surface area contributed by atoms with Crippen molar-refractivity contribution in [3.63, 3.8) is 0 Å². The van der Waals surface area contributed by atoms with Gasteiger partial charge in [-0.15, -0.1) is 0 Å². The summed E-state index contributed by atoms with van der Waals surface area (Å²) in [6, 6.07) is 10.1. The van der Waals surface area contributed by atoms with Gasteiger partial charge in [0.25, 0.3) is 0 Å². The average Bonchev–Trinajstić information content (AvgIpc) is 3.18. The molecule has 0 radical (unpaired) electrons. The van der Waals surface area contributed by atoms with Crippen LogP contribution in [0.25, 0.3) is 0 Å². The second-order valence-electron chi connectivity index (χ2n) is 12.4. The lowest BCUT2D eigenvalue weighted by Gasteiger charge is -2.38. The van der Waals surface area contributed by atoms with Crippen molar-refractivity contribution in [2.75, 3.05) is 40.1 Å². The van der Waals surface area contributed by atoms with Crippen LogP contribution >= 0.6 is 11.6 Å². The van der Waals surface area contributed by atoms with E-state index < -0.39 is 27.9 Å². The Balaban J connectivity index is 1.97. The molecule has 2 aromatic rings. The number of carbonyl (C=O) groups is 1. The van der Waals surface area contributed by atoms with Gasteiger partial charge in [0.05, 0.1) is 19.5 Å². The summed E-state index contributed by atoms with van der Waals surface area (Å²) in [4.78, 5) is 16.9. The summed E-state index contributed by atoms with van der Waals surface area (Å²) in [5, 5.41) is 0.329. The number of halogens is 2. The molecule has 1 heterocycles. The van der Waals surface area contributed by atoms with E-state index in [1.807, 2.05) is 38.4 Å². The Kier molecular flexibility index (Phi) is 11.8. The summed E-state index contributed by atoms with van der Waals surface area (Å²) >= 11 is 6.52. The van der Waals surface area contributed by atoms with Gasteiger partial charge in [0, 0.05) is 42.8 Å². The molecule has 0 aliphatic carbocycles. The van der Waals surface area contributed by atoms with Gasteiger partial charge in [-0.1, -0.05) is 56.6 Å². The van der Waals surface area contributed by atoms with Crippen LogP contribution in [0.2, 0.25) is 5.02 Å². The van der Waals surface area contributed by atoms with E-state index in [2.05, 4.69) is 30.6 Å². The normalized spacial score (nSPS) is 18.0. The molecule has 1 unspecified atom stereocenters. The molecule has 1 aliphatic heterocycles. The number of benzene rings is 2. The number of hydrogen-bond acceptors (Lipinski definition) is 7. The second-order valence-corrected chi connectivity index (χ2v) is 14.8. The summed E-state index contributed by atoms with van der Waals surface area (Å²) in [7, 11) is 1.88. The van der Waals surface area contributed by atoms with Crippen LogP contribution in [0, 0.1) is 11.2 Å². The molecule has 8 nitrogen and oxygen atoms in total. The number of methoxy groups -OCH3 is 1. The Hall–Kier alpha value is -2.24. The maximum absolute atomic E-state index is 15.5. The van der Waals surface area contributed by atoms with Gasteiger partial charge >= 0.3 is 5.97 Å². The Morgan fingerprint density at radius 1 is 1.17 bits per heavy atom. The Bertz CT molecular complexity index is 1330. The van der Waals surface area contributed by atoms with Crippen molar-refractivity contribution >= 4 is 27.6 Å².